The van der Waals surface area contributed by atoms with Crippen LogP contribution in [0.4, 0.5) is 11.4 Å². The van der Waals surface area contributed by atoms with Crippen molar-refractivity contribution in [1.82, 2.24) is 4.90 Å². The third-order valence-corrected chi connectivity index (χ3v) is 2.99. The molecule has 1 aliphatic rings. The van der Waals surface area contributed by atoms with E-state index in [9.17, 15) is 14.9 Å². The van der Waals surface area contributed by atoms with Crippen LogP contribution in [0.15, 0.2) is 18.2 Å². The molecule has 1 fully saturated rings. The summed E-state index contributed by atoms with van der Waals surface area (Å²) in [6.45, 7) is 1.47. The van der Waals surface area contributed by atoms with Gasteiger partial charge in [-0.2, -0.15) is 0 Å². The van der Waals surface area contributed by atoms with Gasteiger partial charge in [-0.1, -0.05) is 0 Å². The molecule has 0 radical (unpaired) electrons. The van der Waals surface area contributed by atoms with Crippen molar-refractivity contribution in [2.24, 2.45) is 5.84 Å². The first-order valence-corrected chi connectivity index (χ1v) is 5.68. The normalized spacial score (nSPS) is 14.6. The van der Waals surface area contributed by atoms with E-state index in [4.69, 9.17) is 5.84 Å². The van der Waals surface area contributed by atoms with Crippen molar-refractivity contribution in [1.29, 1.82) is 0 Å². The highest BCUT2D eigenvalue weighted by atomic mass is 16.6. The largest absolute Gasteiger partial charge is 0.339 e. The Hall–Kier alpha value is -2.15. The van der Waals surface area contributed by atoms with Crippen LogP contribution in [-0.4, -0.2) is 28.8 Å². The lowest BCUT2D eigenvalue weighted by Crippen LogP contribution is -2.27. The third-order valence-electron chi connectivity index (χ3n) is 2.99. The van der Waals surface area contributed by atoms with Crippen LogP contribution in [-0.2, 0) is 0 Å². The fourth-order valence-corrected chi connectivity index (χ4v) is 2.05. The number of hydrazine groups is 1. The quantitative estimate of drug-likeness (QED) is 0.475. The lowest BCUT2D eigenvalue weighted by Gasteiger charge is -2.15. The van der Waals surface area contributed by atoms with Crippen molar-refractivity contribution in [3.8, 4) is 0 Å². The molecule has 0 atom stereocenters. The molecule has 1 amide bonds. The number of anilines is 1. The second-order valence-electron chi connectivity index (χ2n) is 4.13. The van der Waals surface area contributed by atoms with Gasteiger partial charge in [0.2, 0.25) is 0 Å². The lowest BCUT2D eigenvalue weighted by molar-refractivity contribution is -0.384. The molecule has 0 aromatic heterocycles. The topological polar surface area (TPSA) is 102 Å². The highest BCUT2D eigenvalue weighted by molar-refractivity contribution is 5.96. The Balaban J connectivity index is 2.29. The van der Waals surface area contributed by atoms with Crippen LogP contribution in [0.2, 0.25) is 0 Å². The number of benzene rings is 1. The molecule has 1 aromatic rings. The van der Waals surface area contributed by atoms with Crippen molar-refractivity contribution >= 4 is 17.3 Å². The number of nitrogens with zero attached hydrogens (tertiary/aromatic N) is 2. The molecule has 0 aliphatic carbocycles. The molecular formula is C11H14N4O3. The van der Waals surface area contributed by atoms with E-state index < -0.39 is 4.92 Å². The van der Waals surface area contributed by atoms with Gasteiger partial charge in [0.15, 0.2) is 0 Å². The van der Waals surface area contributed by atoms with Gasteiger partial charge in [-0.3, -0.25) is 20.8 Å². The van der Waals surface area contributed by atoms with E-state index in [1.165, 1.54) is 18.2 Å². The lowest BCUT2D eigenvalue weighted by atomic mass is 10.1. The van der Waals surface area contributed by atoms with Crippen LogP contribution in [0.5, 0.6) is 0 Å². The summed E-state index contributed by atoms with van der Waals surface area (Å²) in [5.74, 6) is 5.12. The number of hydrogen-bond donors (Lipinski definition) is 2. The Bertz CT molecular complexity index is 483. The summed E-state index contributed by atoms with van der Waals surface area (Å²) in [5, 5.41) is 10.7. The molecule has 0 bridgehead atoms. The van der Waals surface area contributed by atoms with E-state index >= 15 is 0 Å². The van der Waals surface area contributed by atoms with Crippen LogP contribution in [0, 0.1) is 10.1 Å². The Labute approximate surface area is 104 Å². The Morgan fingerprint density at radius 2 is 2.06 bits per heavy atom. The SMILES string of the molecule is NNc1cc(C(=O)N2CCCC2)ccc1[N+](=O)[O-]. The zero-order chi connectivity index (χ0) is 13.1. The molecule has 7 heteroatoms. The van der Waals surface area contributed by atoms with Gasteiger partial charge in [-0.25, -0.2) is 0 Å². The molecule has 2 rings (SSSR count). The average molecular weight is 250 g/mol. The van der Waals surface area contributed by atoms with Crippen molar-refractivity contribution < 1.29 is 9.72 Å². The molecule has 0 saturated carbocycles. The van der Waals surface area contributed by atoms with E-state index in [0.29, 0.717) is 5.56 Å². The second kappa shape index (κ2) is 5.01. The minimum atomic E-state index is -0.542. The van der Waals surface area contributed by atoms with Gasteiger partial charge in [0.1, 0.15) is 5.69 Å². The summed E-state index contributed by atoms with van der Waals surface area (Å²) < 4.78 is 0. The summed E-state index contributed by atoms with van der Waals surface area (Å²) in [6, 6.07) is 4.16. The second-order valence-corrected chi connectivity index (χ2v) is 4.13. The third kappa shape index (κ3) is 2.25. The van der Waals surface area contributed by atoms with Gasteiger partial charge in [0, 0.05) is 24.7 Å². The number of nitro benzene ring substituents is 1. The molecule has 1 aromatic carbocycles. The molecule has 1 saturated heterocycles. The van der Waals surface area contributed by atoms with Crippen LogP contribution in [0.25, 0.3) is 0 Å². The summed E-state index contributed by atoms with van der Waals surface area (Å²) in [4.78, 5) is 24.0. The number of nitrogen functional groups attached to an aromatic ring is 1. The average Bonchev–Trinajstić information content (AvgIpc) is 2.90. The zero-order valence-electron chi connectivity index (χ0n) is 9.76. The molecule has 18 heavy (non-hydrogen) atoms. The number of nitrogens with one attached hydrogen (secondary N) is 1. The highest BCUT2D eigenvalue weighted by Gasteiger charge is 2.22. The summed E-state index contributed by atoms with van der Waals surface area (Å²) in [7, 11) is 0. The fraction of sp³-hybridized carbons (Fsp3) is 0.364. The van der Waals surface area contributed by atoms with Crippen LogP contribution < -0.4 is 11.3 Å². The number of carbonyl (C=O) groups is 1. The number of nitro groups is 1. The Morgan fingerprint density at radius 1 is 1.39 bits per heavy atom. The van der Waals surface area contributed by atoms with Crippen molar-refractivity contribution in [3.05, 3.63) is 33.9 Å². The number of hydrogen-bond acceptors (Lipinski definition) is 5. The van der Waals surface area contributed by atoms with Gasteiger partial charge in [0.25, 0.3) is 11.6 Å². The molecule has 0 spiro atoms. The van der Waals surface area contributed by atoms with Crippen molar-refractivity contribution in [2.75, 3.05) is 18.5 Å². The van der Waals surface area contributed by atoms with E-state index in [0.717, 1.165) is 25.9 Å². The maximum atomic E-state index is 12.1. The number of likely N-dealkylation sites (tertiary alicyclic amines) is 1. The fourth-order valence-electron chi connectivity index (χ4n) is 2.05. The first kappa shape index (κ1) is 12.3. The Kier molecular flexibility index (Phi) is 3.42. The van der Waals surface area contributed by atoms with E-state index in [2.05, 4.69) is 5.43 Å². The first-order chi connectivity index (χ1) is 8.63. The number of amides is 1. The predicted molar refractivity (Wildman–Crippen MR) is 66.0 cm³/mol. The van der Waals surface area contributed by atoms with E-state index in [-0.39, 0.29) is 17.3 Å². The van der Waals surface area contributed by atoms with Crippen molar-refractivity contribution in [2.45, 2.75) is 12.8 Å². The standard InChI is InChI=1S/C11H14N4O3/c12-13-9-7-8(3-4-10(9)15(17)18)11(16)14-5-1-2-6-14/h3-4,7,13H,1-2,5-6,12H2. The van der Waals surface area contributed by atoms with Gasteiger partial charge >= 0.3 is 0 Å². The maximum absolute atomic E-state index is 12.1. The molecular weight excluding hydrogens is 236 g/mol. The molecule has 1 heterocycles. The predicted octanol–water partition coefficient (Wildman–Crippen LogP) is 1.12. The zero-order valence-corrected chi connectivity index (χ0v) is 9.76. The van der Waals surface area contributed by atoms with Gasteiger partial charge in [0.05, 0.1) is 4.92 Å². The molecule has 3 N–H and O–H groups in total. The van der Waals surface area contributed by atoms with E-state index in [1.807, 2.05) is 0 Å². The smallest absolute Gasteiger partial charge is 0.293 e. The van der Waals surface area contributed by atoms with Crippen LogP contribution in [0.1, 0.15) is 23.2 Å². The number of rotatable bonds is 3. The minimum absolute atomic E-state index is 0.112. The molecule has 0 unspecified atom stereocenters. The number of carbonyl (C=O) groups excluding carboxylic acids is 1. The monoisotopic (exact) mass is 250 g/mol. The van der Waals surface area contributed by atoms with Crippen LogP contribution >= 0.6 is 0 Å². The molecule has 96 valence electrons. The van der Waals surface area contributed by atoms with Crippen molar-refractivity contribution in [3.63, 3.8) is 0 Å². The van der Waals surface area contributed by atoms with E-state index in [1.54, 1.807) is 4.90 Å². The minimum Gasteiger partial charge on any atom is -0.339 e. The summed E-state index contributed by atoms with van der Waals surface area (Å²) >= 11 is 0. The Morgan fingerprint density at radius 3 is 2.61 bits per heavy atom. The maximum Gasteiger partial charge on any atom is 0.293 e. The molecule has 7 nitrogen and oxygen atoms in total. The first-order valence-electron chi connectivity index (χ1n) is 5.68. The summed E-state index contributed by atoms with van der Waals surface area (Å²) in [6.07, 6.45) is 2.00. The van der Waals surface area contributed by atoms with Gasteiger partial charge in [-0.05, 0) is 25.0 Å². The van der Waals surface area contributed by atoms with Gasteiger partial charge in [-0.15, -0.1) is 0 Å². The van der Waals surface area contributed by atoms with Crippen LogP contribution in [0.3, 0.4) is 0 Å². The highest BCUT2D eigenvalue weighted by Crippen LogP contribution is 2.25. The number of nitrogens with two attached hydrogens (primary N) is 1. The summed E-state index contributed by atoms with van der Waals surface area (Å²) in [5.41, 5.74) is 2.66. The molecule has 1 aliphatic heterocycles. The van der Waals surface area contributed by atoms with Gasteiger partial charge < -0.3 is 10.3 Å².